The van der Waals surface area contributed by atoms with Gasteiger partial charge in [0.05, 0.1) is 16.1 Å². The number of hydrogen-bond donors (Lipinski definition) is 1. The molecule has 1 aromatic heterocycles. The minimum atomic E-state index is -0.359. The quantitative estimate of drug-likeness (QED) is 0.553. The third kappa shape index (κ3) is 4.43. The highest BCUT2D eigenvalue weighted by Gasteiger charge is 2.25. The van der Waals surface area contributed by atoms with Gasteiger partial charge < -0.3 is 9.80 Å². The molecular weight excluding hydrogens is 446 g/mol. The van der Waals surface area contributed by atoms with Gasteiger partial charge in [-0.05, 0) is 66.2 Å². The van der Waals surface area contributed by atoms with E-state index in [1.54, 1.807) is 12.4 Å². The molecule has 0 aliphatic carbocycles. The minimum absolute atomic E-state index is 0.343. The van der Waals surface area contributed by atoms with E-state index in [4.69, 9.17) is 0 Å². The van der Waals surface area contributed by atoms with Crippen LogP contribution in [0.25, 0.3) is 28.2 Å². The molecule has 2 aromatic carbocycles. The molecule has 0 bridgehead atoms. The largest absolute Gasteiger partial charge is 0.369 e. The second-order valence-electron chi connectivity index (χ2n) is 8.47. The zero-order valence-corrected chi connectivity index (χ0v) is 20.2. The number of fused-ring (bicyclic) bond motifs is 1. The van der Waals surface area contributed by atoms with E-state index in [1.165, 1.54) is 11.3 Å². The standard InChI is InChI=1S/C26H27N5O2S/c1-3-18-15-19(6-8-22(18)31-11-9-30(4-2)10-12-31)24-20-13-17(5-7-21(20)27-16-28-24)14-23-25(32)29-26(33)34-23/h5-8,13-16H,3-4,9-12H2,1-2H3,(H,29,32,33). The lowest BCUT2D eigenvalue weighted by Gasteiger charge is -2.36. The summed E-state index contributed by atoms with van der Waals surface area (Å²) in [4.78, 5) is 37.9. The predicted molar refractivity (Wildman–Crippen MR) is 138 cm³/mol. The molecule has 2 fully saturated rings. The maximum Gasteiger partial charge on any atom is 0.290 e. The number of piperazine rings is 1. The number of aryl methyl sites for hydroxylation is 1. The van der Waals surface area contributed by atoms with Gasteiger partial charge in [0, 0.05) is 42.8 Å². The van der Waals surface area contributed by atoms with Crippen molar-refractivity contribution in [1.29, 1.82) is 0 Å². The van der Waals surface area contributed by atoms with Crippen molar-refractivity contribution < 1.29 is 9.59 Å². The minimum Gasteiger partial charge on any atom is -0.369 e. The molecule has 34 heavy (non-hydrogen) atoms. The first-order chi connectivity index (χ1) is 16.6. The van der Waals surface area contributed by atoms with Crippen LogP contribution in [0.4, 0.5) is 10.5 Å². The number of imide groups is 1. The van der Waals surface area contributed by atoms with Crippen molar-refractivity contribution in [2.75, 3.05) is 37.6 Å². The lowest BCUT2D eigenvalue weighted by atomic mass is 9.99. The van der Waals surface area contributed by atoms with Crippen LogP contribution in [0.3, 0.4) is 0 Å². The molecule has 8 heteroatoms. The van der Waals surface area contributed by atoms with Gasteiger partial charge in [0.15, 0.2) is 0 Å². The van der Waals surface area contributed by atoms with Crippen molar-refractivity contribution in [3.05, 3.63) is 58.8 Å². The fourth-order valence-corrected chi connectivity index (χ4v) is 5.28. The van der Waals surface area contributed by atoms with E-state index in [1.807, 2.05) is 18.2 Å². The Morgan fingerprint density at radius 3 is 2.56 bits per heavy atom. The Morgan fingerprint density at radius 2 is 1.85 bits per heavy atom. The van der Waals surface area contributed by atoms with Crippen molar-refractivity contribution in [2.24, 2.45) is 0 Å². The van der Waals surface area contributed by atoms with Crippen LogP contribution < -0.4 is 10.2 Å². The molecule has 7 nitrogen and oxygen atoms in total. The molecule has 3 aromatic rings. The molecule has 0 unspecified atom stereocenters. The molecule has 2 saturated heterocycles. The Morgan fingerprint density at radius 1 is 1.03 bits per heavy atom. The SMILES string of the molecule is CCc1cc(-c2ncnc3ccc(C=C4SC(=O)NC4=O)cc23)ccc1N1CCN(CC)CC1. The van der Waals surface area contributed by atoms with Crippen LogP contribution in [0.5, 0.6) is 0 Å². The Kier molecular flexibility index (Phi) is 6.34. The third-order valence-electron chi connectivity index (χ3n) is 6.49. The number of rotatable bonds is 5. The molecule has 5 rings (SSSR count). The number of amides is 2. The molecule has 0 radical (unpaired) electrons. The van der Waals surface area contributed by atoms with E-state index in [2.05, 4.69) is 57.1 Å². The fourth-order valence-electron chi connectivity index (χ4n) is 4.60. The van der Waals surface area contributed by atoms with Crippen LogP contribution in [0.1, 0.15) is 25.0 Å². The van der Waals surface area contributed by atoms with E-state index >= 15 is 0 Å². The zero-order chi connectivity index (χ0) is 23.7. The summed E-state index contributed by atoms with van der Waals surface area (Å²) >= 11 is 0.919. The maximum atomic E-state index is 12.0. The number of thioether (sulfide) groups is 1. The van der Waals surface area contributed by atoms with Crippen LogP contribution in [-0.4, -0.2) is 58.7 Å². The molecule has 2 aliphatic heterocycles. The first-order valence-electron chi connectivity index (χ1n) is 11.7. The number of anilines is 1. The van der Waals surface area contributed by atoms with Crippen LogP contribution in [0, 0.1) is 0 Å². The Bertz CT molecular complexity index is 1300. The molecule has 2 aliphatic rings. The fraction of sp³-hybridized carbons (Fsp3) is 0.308. The summed E-state index contributed by atoms with van der Waals surface area (Å²) in [5.74, 6) is -0.359. The normalized spacial score (nSPS) is 18.2. The van der Waals surface area contributed by atoms with Gasteiger partial charge >= 0.3 is 0 Å². The van der Waals surface area contributed by atoms with Gasteiger partial charge in [-0.3, -0.25) is 14.9 Å². The number of hydrogen-bond acceptors (Lipinski definition) is 7. The maximum absolute atomic E-state index is 12.0. The average molecular weight is 474 g/mol. The van der Waals surface area contributed by atoms with Crippen molar-refractivity contribution in [3.63, 3.8) is 0 Å². The number of carbonyl (C=O) groups excluding carboxylic acids is 2. The van der Waals surface area contributed by atoms with E-state index in [0.717, 1.165) is 78.6 Å². The van der Waals surface area contributed by atoms with E-state index in [0.29, 0.717) is 4.91 Å². The summed E-state index contributed by atoms with van der Waals surface area (Å²) in [6.07, 6.45) is 4.27. The molecule has 0 spiro atoms. The van der Waals surface area contributed by atoms with E-state index < -0.39 is 0 Å². The Labute approximate surface area is 203 Å². The van der Waals surface area contributed by atoms with Gasteiger partial charge in [0.1, 0.15) is 6.33 Å². The van der Waals surface area contributed by atoms with Gasteiger partial charge in [0.25, 0.3) is 11.1 Å². The second kappa shape index (κ2) is 9.56. The highest BCUT2D eigenvalue weighted by Crippen LogP contribution is 2.32. The number of carbonyl (C=O) groups is 2. The van der Waals surface area contributed by atoms with Gasteiger partial charge in [-0.25, -0.2) is 9.97 Å². The molecule has 174 valence electrons. The topological polar surface area (TPSA) is 78.4 Å². The lowest BCUT2D eigenvalue weighted by molar-refractivity contribution is -0.115. The zero-order valence-electron chi connectivity index (χ0n) is 19.4. The summed E-state index contributed by atoms with van der Waals surface area (Å²) in [6.45, 7) is 9.80. The summed E-state index contributed by atoms with van der Waals surface area (Å²) in [6, 6.07) is 12.4. The van der Waals surface area contributed by atoms with Gasteiger partial charge in [0.2, 0.25) is 0 Å². The Balaban J connectivity index is 1.50. The highest BCUT2D eigenvalue weighted by atomic mass is 32.2. The first-order valence-corrected chi connectivity index (χ1v) is 12.5. The molecule has 0 saturated carbocycles. The number of likely N-dealkylation sites (N-methyl/N-ethyl adjacent to an activating group) is 1. The predicted octanol–water partition coefficient (Wildman–Crippen LogP) is 4.33. The van der Waals surface area contributed by atoms with Crippen LogP contribution in [0.2, 0.25) is 0 Å². The average Bonchev–Trinajstić information content (AvgIpc) is 3.19. The monoisotopic (exact) mass is 473 g/mol. The first kappa shape index (κ1) is 22.6. The molecular formula is C26H27N5O2S. The number of nitrogens with zero attached hydrogens (tertiary/aromatic N) is 4. The van der Waals surface area contributed by atoms with Crippen LogP contribution in [-0.2, 0) is 11.2 Å². The summed E-state index contributed by atoms with van der Waals surface area (Å²) in [7, 11) is 0. The van der Waals surface area contributed by atoms with Crippen molar-refractivity contribution >= 4 is 45.6 Å². The summed E-state index contributed by atoms with van der Waals surface area (Å²) < 4.78 is 0. The molecule has 0 atom stereocenters. The van der Waals surface area contributed by atoms with Gasteiger partial charge in [-0.2, -0.15) is 0 Å². The molecule has 2 amide bonds. The van der Waals surface area contributed by atoms with Crippen molar-refractivity contribution in [3.8, 4) is 11.3 Å². The van der Waals surface area contributed by atoms with Gasteiger partial charge in [-0.15, -0.1) is 0 Å². The molecule has 1 N–H and O–H groups in total. The third-order valence-corrected chi connectivity index (χ3v) is 7.30. The van der Waals surface area contributed by atoms with Gasteiger partial charge in [-0.1, -0.05) is 26.0 Å². The van der Waals surface area contributed by atoms with E-state index in [-0.39, 0.29) is 11.1 Å². The summed E-state index contributed by atoms with van der Waals surface area (Å²) in [5, 5.41) is 2.87. The Hall–Kier alpha value is -3.23. The second-order valence-corrected chi connectivity index (χ2v) is 9.48. The van der Waals surface area contributed by atoms with Crippen LogP contribution in [0.15, 0.2) is 47.6 Å². The smallest absolute Gasteiger partial charge is 0.290 e. The van der Waals surface area contributed by atoms with Crippen molar-refractivity contribution in [1.82, 2.24) is 20.2 Å². The van der Waals surface area contributed by atoms with E-state index in [9.17, 15) is 9.59 Å². The number of nitrogens with one attached hydrogen (secondary N) is 1. The number of aromatic nitrogens is 2. The highest BCUT2D eigenvalue weighted by molar-refractivity contribution is 8.18. The van der Waals surface area contributed by atoms with Crippen LogP contribution >= 0.6 is 11.8 Å². The summed E-state index contributed by atoms with van der Waals surface area (Å²) in [5.41, 5.74) is 6.20. The number of benzene rings is 2. The molecule has 3 heterocycles. The van der Waals surface area contributed by atoms with Crippen molar-refractivity contribution in [2.45, 2.75) is 20.3 Å². The lowest BCUT2D eigenvalue weighted by Crippen LogP contribution is -2.46.